The van der Waals surface area contributed by atoms with Gasteiger partial charge < -0.3 is 14.8 Å². The number of nitrogens with one attached hydrogen (secondary N) is 1. The van der Waals surface area contributed by atoms with Crippen molar-refractivity contribution in [2.75, 3.05) is 44.7 Å². The molecule has 3 heterocycles. The number of anilines is 1. The summed E-state index contributed by atoms with van der Waals surface area (Å²) >= 11 is 0. The second-order valence-corrected chi connectivity index (χ2v) is 6.03. The molecule has 26 heavy (non-hydrogen) atoms. The van der Waals surface area contributed by atoms with E-state index in [9.17, 15) is 4.39 Å². The van der Waals surface area contributed by atoms with Crippen molar-refractivity contribution in [3.8, 4) is 11.6 Å². The van der Waals surface area contributed by atoms with Crippen molar-refractivity contribution in [3.05, 3.63) is 48.5 Å². The monoisotopic (exact) mass is 357 g/mol. The van der Waals surface area contributed by atoms with Crippen molar-refractivity contribution < 1.29 is 13.9 Å². The second kappa shape index (κ2) is 7.67. The minimum absolute atomic E-state index is 0.352. The molecule has 0 radical (unpaired) electrons. The molecule has 3 aromatic rings. The van der Waals surface area contributed by atoms with Gasteiger partial charge in [0.05, 0.1) is 18.9 Å². The SMILES string of the molecule is Fc1cccc(Oc2cc(NCCN3CCOCC3)c3nccn3n2)c1. The number of benzene rings is 1. The first-order chi connectivity index (χ1) is 12.8. The molecule has 1 aliphatic heterocycles. The average Bonchev–Trinajstić information content (AvgIpc) is 3.11. The van der Waals surface area contributed by atoms with Gasteiger partial charge in [0.2, 0.25) is 5.88 Å². The summed E-state index contributed by atoms with van der Waals surface area (Å²) < 4.78 is 26.1. The molecule has 0 saturated carbocycles. The number of imidazole rings is 1. The number of hydrogen-bond acceptors (Lipinski definition) is 6. The molecule has 1 aromatic carbocycles. The fraction of sp³-hybridized carbons (Fsp3) is 0.333. The number of hydrogen-bond donors (Lipinski definition) is 1. The summed E-state index contributed by atoms with van der Waals surface area (Å²) in [6, 6.07) is 7.77. The third-order valence-corrected chi connectivity index (χ3v) is 4.20. The van der Waals surface area contributed by atoms with Crippen LogP contribution in [0.2, 0.25) is 0 Å². The zero-order valence-corrected chi connectivity index (χ0v) is 14.3. The van der Waals surface area contributed by atoms with Crippen LogP contribution in [0.4, 0.5) is 10.1 Å². The maximum Gasteiger partial charge on any atom is 0.239 e. The zero-order valence-electron chi connectivity index (χ0n) is 14.3. The van der Waals surface area contributed by atoms with Gasteiger partial charge in [0.1, 0.15) is 11.6 Å². The quantitative estimate of drug-likeness (QED) is 0.731. The van der Waals surface area contributed by atoms with E-state index in [2.05, 4.69) is 20.3 Å². The topological polar surface area (TPSA) is 63.9 Å². The zero-order chi connectivity index (χ0) is 17.8. The molecular formula is C18H20FN5O2. The van der Waals surface area contributed by atoms with Gasteiger partial charge in [-0.1, -0.05) is 6.07 Å². The van der Waals surface area contributed by atoms with Gasteiger partial charge in [-0.2, -0.15) is 0 Å². The van der Waals surface area contributed by atoms with Gasteiger partial charge >= 0.3 is 0 Å². The van der Waals surface area contributed by atoms with Crippen LogP contribution in [0.25, 0.3) is 5.65 Å². The highest BCUT2D eigenvalue weighted by atomic mass is 19.1. The van der Waals surface area contributed by atoms with Gasteiger partial charge in [0.15, 0.2) is 5.65 Å². The van der Waals surface area contributed by atoms with Crippen molar-refractivity contribution in [3.63, 3.8) is 0 Å². The van der Waals surface area contributed by atoms with E-state index in [0.717, 1.165) is 50.7 Å². The Labute approximate surface area is 150 Å². The average molecular weight is 357 g/mol. The Morgan fingerprint density at radius 2 is 2.12 bits per heavy atom. The van der Waals surface area contributed by atoms with Crippen molar-refractivity contribution in [1.29, 1.82) is 0 Å². The predicted octanol–water partition coefficient (Wildman–Crippen LogP) is 2.40. The lowest BCUT2D eigenvalue weighted by Gasteiger charge is -2.26. The van der Waals surface area contributed by atoms with Crippen molar-refractivity contribution in [2.45, 2.75) is 0 Å². The summed E-state index contributed by atoms with van der Waals surface area (Å²) in [7, 11) is 0. The summed E-state index contributed by atoms with van der Waals surface area (Å²) in [4.78, 5) is 6.69. The number of ether oxygens (including phenoxy) is 2. The molecule has 1 N–H and O–H groups in total. The maximum atomic E-state index is 13.4. The summed E-state index contributed by atoms with van der Waals surface area (Å²) in [5, 5.41) is 7.76. The first-order valence-corrected chi connectivity index (χ1v) is 8.60. The number of halogens is 1. The van der Waals surface area contributed by atoms with Crippen LogP contribution in [0.3, 0.4) is 0 Å². The standard InChI is InChI=1S/C18H20FN5O2/c19-14-2-1-3-15(12-14)26-17-13-16(18-21-5-7-24(18)22-17)20-4-6-23-8-10-25-11-9-23/h1-3,5,7,12-13,20H,4,6,8-11H2. The lowest BCUT2D eigenvalue weighted by molar-refractivity contribution is 0.0398. The van der Waals surface area contributed by atoms with Gasteiger partial charge in [-0.25, -0.2) is 13.9 Å². The van der Waals surface area contributed by atoms with E-state index in [1.54, 1.807) is 35.1 Å². The molecule has 1 fully saturated rings. The van der Waals surface area contributed by atoms with Crippen molar-refractivity contribution in [2.24, 2.45) is 0 Å². The molecule has 4 rings (SSSR count). The lowest BCUT2D eigenvalue weighted by Crippen LogP contribution is -2.39. The van der Waals surface area contributed by atoms with E-state index >= 15 is 0 Å². The van der Waals surface area contributed by atoms with E-state index < -0.39 is 0 Å². The molecular weight excluding hydrogens is 337 g/mol. The number of rotatable bonds is 6. The Kier molecular flexibility index (Phi) is 4.94. The van der Waals surface area contributed by atoms with Crippen LogP contribution in [0.5, 0.6) is 11.6 Å². The fourth-order valence-electron chi connectivity index (χ4n) is 2.90. The Bertz CT molecular complexity index is 879. The molecule has 0 aliphatic carbocycles. The predicted molar refractivity (Wildman–Crippen MR) is 95.2 cm³/mol. The van der Waals surface area contributed by atoms with E-state index in [0.29, 0.717) is 11.6 Å². The molecule has 0 unspecified atom stereocenters. The van der Waals surface area contributed by atoms with Crippen molar-refractivity contribution >= 4 is 11.3 Å². The summed E-state index contributed by atoms with van der Waals surface area (Å²) in [6.45, 7) is 5.15. The van der Waals surface area contributed by atoms with Gasteiger partial charge in [-0.05, 0) is 12.1 Å². The molecule has 0 spiro atoms. The van der Waals surface area contributed by atoms with Crippen molar-refractivity contribution in [1.82, 2.24) is 19.5 Å². The lowest BCUT2D eigenvalue weighted by atomic mass is 10.3. The molecule has 8 heteroatoms. The number of morpholine rings is 1. The molecule has 136 valence electrons. The van der Waals surface area contributed by atoms with Gasteiger partial charge in [-0.3, -0.25) is 4.90 Å². The summed E-state index contributed by atoms with van der Waals surface area (Å²) in [5.74, 6) is 0.418. The first-order valence-electron chi connectivity index (χ1n) is 8.60. The third-order valence-electron chi connectivity index (χ3n) is 4.20. The highest BCUT2D eigenvalue weighted by Gasteiger charge is 2.12. The summed E-state index contributed by atoms with van der Waals surface area (Å²) in [6.07, 6.45) is 3.43. The van der Waals surface area contributed by atoms with Crippen LogP contribution in [0.1, 0.15) is 0 Å². The highest BCUT2D eigenvalue weighted by molar-refractivity contribution is 5.68. The van der Waals surface area contributed by atoms with Crippen LogP contribution in [-0.2, 0) is 4.74 Å². The summed E-state index contributed by atoms with van der Waals surface area (Å²) in [5.41, 5.74) is 1.54. The normalized spacial score (nSPS) is 15.3. The third kappa shape index (κ3) is 3.92. The van der Waals surface area contributed by atoms with Crippen LogP contribution in [-0.4, -0.2) is 58.9 Å². The minimum Gasteiger partial charge on any atom is -0.437 e. The van der Waals surface area contributed by atoms with Gasteiger partial charge in [0.25, 0.3) is 0 Å². The Balaban J connectivity index is 1.49. The number of aromatic nitrogens is 3. The maximum absolute atomic E-state index is 13.4. The van der Waals surface area contributed by atoms with Crippen LogP contribution < -0.4 is 10.1 Å². The van der Waals surface area contributed by atoms with Gasteiger partial charge in [0, 0.05) is 50.7 Å². The van der Waals surface area contributed by atoms with E-state index in [-0.39, 0.29) is 5.82 Å². The largest absolute Gasteiger partial charge is 0.437 e. The van der Waals surface area contributed by atoms with Crippen LogP contribution in [0, 0.1) is 5.82 Å². The van der Waals surface area contributed by atoms with E-state index in [1.165, 1.54) is 12.1 Å². The highest BCUT2D eigenvalue weighted by Crippen LogP contribution is 2.25. The molecule has 0 bridgehead atoms. The van der Waals surface area contributed by atoms with Gasteiger partial charge in [-0.15, -0.1) is 5.10 Å². The smallest absolute Gasteiger partial charge is 0.239 e. The molecule has 7 nitrogen and oxygen atoms in total. The van der Waals surface area contributed by atoms with E-state index in [4.69, 9.17) is 9.47 Å². The minimum atomic E-state index is -0.352. The van der Waals surface area contributed by atoms with E-state index in [1.807, 2.05) is 0 Å². The number of fused-ring (bicyclic) bond motifs is 1. The molecule has 0 atom stereocenters. The second-order valence-electron chi connectivity index (χ2n) is 6.03. The molecule has 1 saturated heterocycles. The fourth-order valence-corrected chi connectivity index (χ4v) is 2.90. The van der Waals surface area contributed by atoms with Crippen LogP contribution in [0.15, 0.2) is 42.7 Å². The molecule has 2 aromatic heterocycles. The first kappa shape index (κ1) is 16.7. The van der Waals surface area contributed by atoms with Crippen LogP contribution >= 0.6 is 0 Å². The Hall–Kier alpha value is -2.71. The molecule has 0 amide bonds. The molecule has 1 aliphatic rings. The Morgan fingerprint density at radius 3 is 2.96 bits per heavy atom. The number of nitrogens with zero attached hydrogens (tertiary/aromatic N) is 4. The Morgan fingerprint density at radius 1 is 1.23 bits per heavy atom.